The summed E-state index contributed by atoms with van der Waals surface area (Å²) in [6, 6.07) is 31.0. The number of unbranched alkanes of at least 4 members (excludes halogenated alkanes) is 14. The molecule has 0 atom stereocenters. The van der Waals surface area contributed by atoms with Gasteiger partial charge >= 0.3 is 12.2 Å². The molecule has 78 heavy (non-hydrogen) atoms. The van der Waals surface area contributed by atoms with Crippen molar-refractivity contribution in [1.29, 1.82) is 0 Å². The summed E-state index contributed by atoms with van der Waals surface area (Å²) < 4.78 is 114. The summed E-state index contributed by atoms with van der Waals surface area (Å²) in [4.78, 5) is 5.99. The minimum Gasteiger partial charge on any atom is -0.317 e. The molecule has 0 unspecified atom stereocenters. The first-order chi connectivity index (χ1) is 37.7. The zero-order chi connectivity index (χ0) is 55.1. The van der Waals surface area contributed by atoms with Crippen molar-refractivity contribution in [1.82, 2.24) is 8.75 Å². The molecule has 17 heteroatoms. The average molecular weight is 1160 g/mol. The van der Waals surface area contributed by atoms with Gasteiger partial charge in [-0.2, -0.15) is 35.0 Å². The molecule has 0 radical (unpaired) electrons. The first kappa shape index (κ1) is 59.2. The van der Waals surface area contributed by atoms with Gasteiger partial charge in [-0.1, -0.05) is 152 Å². The predicted molar refractivity (Wildman–Crippen MR) is 315 cm³/mol. The SMILES string of the molecule is CCCCCCCCCCOC(F)(F)c1ccc(-c2ccc(-c3c4c(c(-c5ccc(-c6ccc(C(C)(F)F)cc6)s5)c5nsnc35)N=S=N4)s2)cc1.CCCCCCCCCCOC(F)(F)c1ccc(-c2ccc(C)s2)cc1. The van der Waals surface area contributed by atoms with Gasteiger partial charge in [0.05, 0.1) is 47.4 Å². The number of aromatic nitrogens is 2. The Morgan fingerprint density at radius 2 is 0.756 bits per heavy atom. The molecule has 0 amide bonds. The van der Waals surface area contributed by atoms with Crippen molar-refractivity contribution in [3.05, 3.63) is 131 Å². The molecule has 414 valence electrons. The molecule has 0 bridgehead atoms. The van der Waals surface area contributed by atoms with Crippen LogP contribution in [0.25, 0.3) is 63.2 Å². The van der Waals surface area contributed by atoms with E-state index in [4.69, 9.17) is 26.9 Å². The lowest BCUT2D eigenvalue weighted by molar-refractivity contribution is -0.249. The number of aryl methyl sites for hydroxylation is 1. The van der Waals surface area contributed by atoms with Crippen molar-refractivity contribution in [3.63, 3.8) is 0 Å². The number of ether oxygens (including phenoxy) is 2. The molecule has 9 rings (SSSR count). The number of hydrogen-bond donors (Lipinski definition) is 0. The van der Waals surface area contributed by atoms with Crippen LogP contribution in [0.5, 0.6) is 0 Å². The fourth-order valence-corrected chi connectivity index (χ4v) is 13.3. The summed E-state index contributed by atoms with van der Waals surface area (Å²) in [6.45, 7) is 7.46. The normalized spacial score (nSPS) is 12.5. The van der Waals surface area contributed by atoms with Crippen molar-refractivity contribution in [2.75, 3.05) is 13.2 Å². The highest BCUT2D eigenvalue weighted by Gasteiger charge is 2.34. The van der Waals surface area contributed by atoms with Gasteiger partial charge in [-0.3, -0.25) is 0 Å². The molecular weight excluding hydrogens is 1100 g/mol. The summed E-state index contributed by atoms with van der Waals surface area (Å²) in [7, 11) is 0. The predicted octanol–water partition coefficient (Wildman–Crippen LogP) is 22.5. The molecule has 6 nitrogen and oxygen atoms in total. The van der Waals surface area contributed by atoms with E-state index in [1.807, 2.05) is 43.3 Å². The topological polar surface area (TPSA) is 69.0 Å². The minimum absolute atomic E-state index is 0.0287. The Morgan fingerprint density at radius 3 is 1.13 bits per heavy atom. The Balaban J connectivity index is 0.000000260. The molecule has 0 N–H and O–H groups in total. The van der Waals surface area contributed by atoms with Crippen molar-refractivity contribution in [2.45, 2.75) is 149 Å². The highest BCUT2D eigenvalue weighted by molar-refractivity contribution is 7.58. The van der Waals surface area contributed by atoms with E-state index in [0.717, 1.165) is 114 Å². The van der Waals surface area contributed by atoms with Crippen LogP contribution in [0.3, 0.4) is 0 Å². The zero-order valence-electron chi connectivity index (χ0n) is 44.5. The molecule has 8 aromatic rings. The Bertz CT molecular complexity index is 3230. The van der Waals surface area contributed by atoms with Crippen LogP contribution in [0.4, 0.5) is 37.7 Å². The third-order valence-electron chi connectivity index (χ3n) is 13.6. The summed E-state index contributed by atoms with van der Waals surface area (Å²) >= 11 is 6.95. The Kier molecular flexibility index (Phi) is 21.3. The highest BCUT2D eigenvalue weighted by atomic mass is 32.1. The van der Waals surface area contributed by atoms with Crippen LogP contribution in [0, 0.1) is 6.92 Å². The number of hydrogen-bond acceptors (Lipinski definition) is 10. The third-order valence-corrected chi connectivity index (χ3v) is 18.0. The van der Waals surface area contributed by atoms with E-state index in [0.29, 0.717) is 35.2 Å². The number of alkyl halides is 6. The lowest BCUT2D eigenvalue weighted by atomic mass is 10.0. The van der Waals surface area contributed by atoms with Crippen LogP contribution in [0.1, 0.15) is 145 Å². The van der Waals surface area contributed by atoms with E-state index in [-0.39, 0.29) is 29.9 Å². The summed E-state index contributed by atoms with van der Waals surface area (Å²) in [5.74, 6) is -2.90. The number of halogens is 6. The molecule has 0 saturated carbocycles. The van der Waals surface area contributed by atoms with Crippen LogP contribution in [0.2, 0.25) is 0 Å². The van der Waals surface area contributed by atoms with Gasteiger partial charge in [-0.05, 0) is 97.1 Å². The van der Waals surface area contributed by atoms with Gasteiger partial charge in [0, 0.05) is 52.9 Å². The molecule has 0 saturated heterocycles. The van der Waals surface area contributed by atoms with Crippen LogP contribution in [0.15, 0.2) is 118 Å². The average Bonchev–Trinajstić information content (AvgIpc) is 4.42. The monoisotopic (exact) mass is 1160 g/mol. The fraction of sp³-hybridized carbons (Fsp3) is 0.410. The van der Waals surface area contributed by atoms with E-state index in [9.17, 15) is 26.3 Å². The summed E-state index contributed by atoms with van der Waals surface area (Å²) in [5, 5.41) is 0. The Hall–Kier alpha value is -4.88. The second kappa shape index (κ2) is 28.0. The molecule has 0 aliphatic carbocycles. The quantitative estimate of drug-likeness (QED) is 0.0362. The first-order valence-corrected chi connectivity index (χ1v) is 31.0. The van der Waals surface area contributed by atoms with Crippen molar-refractivity contribution < 1.29 is 35.8 Å². The number of rotatable bonds is 28. The van der Waals surface area contributed by atoms with E-state index in [1.165, 1.54) is 122 Å². The molecule has 5 heterocycles. The van der Waals surface area contributed by atoms with Gasteiger partial charge < -0.3 is 9.47 Å². The van der Waals surface area contributed by atoms with E-state index in [2.05, 4.69) is 13.8 Å². The maximum absolute atomic E-state index is 14.9. The molecule has 1 aliphatic rings. The van der Waals surface area contributed by atoms with Gasteiger partial charge in [-0.25, -0.2) is 8.78 Å². The van der Waals surface area contributed by atoms with Crippen molar-refractivity contribution in [2.24, 2.45) is 8.73 Å². The van der Waals surface area contributed by atoms with Crippen molar-refractivity contribution in [3.8, 4) is 52.2 Å². The standard InChI is InChI=1S/C39H36F4N4OS4.C22H30F2OS/c1-3-4-5-6-7-8-9-10-23-48-39(42,43)27-17-13-25(14-18-27)29-20-22-31(50-29)33-36-34(44-51-46-36)32(35-37(33)47-52-45-35)30-21-19-28(49-30)24-11-15-26(16-12-24)38(2,40)41;1-3-4-5-6-7-8-9-10-17-25-22(23,24)20-14-12-19(13-15-20)21-16-11-18(2)26-21/h11-22H,3-10,23H2,1-2H3;11-16H,3-10,17H2,1-2H3. The largest absolute Gasteiger partial charge is 0.383 e. The minimum atomic E-state index is -3.35. The number of nitrogens with zero attached hydrogens (tertiary/aromatic N) is 4. The number of fused-ring (bicyclic) bond motifs is 2. The molecular formula is C61H66F6N4O2S5. The first-order valence-electron chi connectivity index (χ1n) is 27.1. The smallest absolute Gasteiger partial charge is 0.317 e. The molecule has 4 aromatic heterocycles. The maximum atomic E-state index is 14.9. The van der Waals surface area contributed by atoms with Crippen LogP contribution in [-0.2, 0) is 39.0 Å². The lowest BCUT2D eigenvalue weighted by Gasteiger charge is -2.17. The van der Waals surface area contributed by atoms with Crippen LogP contribution < -0.4 is 0 Å². The molecule has 4 aromatic carbocycles. The molecule has 0 fully saturated rings. The second-order valence-electron chi connectivity index (χ2n) is 19.7. The highest BCUT2D eigenvalue weighted by Crippen LogP contribution is 2.55. The number of benzene rings is 4. The van der Waals surface area contributed by atoms with E-state index < -0.39 is 18.1 Å². The molecule has 1 aliphatic heterocycles. The molecule has 0 spiro atoms. The zero-order valence-corrected chi connectivity index (χ0v) is 48.6. The third kappa shape index (κ3) is 15.5. The van der Waals surface area contributed by atoms with Gasteiger partial charge in [0.1, 0.15) is 22.4 Å². The fourth-order valence-electron chi connectivity index (χ4n) is 9.19. The number of thiophene rings is 3. The van der Waals surface area contributed by atoms with Gasteiger partial charge in [-0.15, -0.1) is 34.0 Å². The van der Waals surface area contributed by atoms with Crippen LogP contribution >= 0.6 is 45.7 Å². The van der Waals surface area contributed by atoms with E-state index >= 15 is 0 Å². The summed E-state index contributed by atoms with van der Waals surface area (Å²) in [5.41, 5.74) is 6.87. The lowest BCUT2D eigenvalue weighted by Crippen LogP contribution is -2.18. The Morgan fingerprint density at radius 1 is 0.410 bits per heavy atom. The Labute approximate surface area is 474 Å². The summed E-state index contributed by atoms with van der Waals surface area (Å²) in [6.07, 6.45) is 11.1. The van der Waals surface area contributed by atoms with Gasteiger partial charge in [0.2, 0.25) is 0 Å². The van der Waals surface area contributed by atoms with Gasteiger partial charge in [0.15, 0.2) is 0 Å². The van der Waals surface area contributed by atoms with Gasteiger partial charge in [0.25, 0.3) is 5.92 Å². The van der Waals surface area contributed by atoms with Crippen LogP contribution in [-0.4, -0.2) is 22.0 Å². The van der Waals surface area contributed by atoms with Crippen molar-refractivity contribution >= 4 is 79.5 Å². The van der Waals surface area contributed by atoms with E-state index in [1.54, 1.807) is 47.7 Å². The second-order valence-corrected chi connectivity index (χ2v) is 24.2. The maximum Gasteiger partial charge on any atom is 0.383 e.